The van der Waals surface area contributed by atoms with E-state index in [0.717, 1.165) is 23.6 Å². The Morgan fingerprint density at radius 1 is 1.38 bits per heavy atom. The van der Waals surface area contributed by atoms with Gasteiger partial charge in [0.05, 0.1) is 11.5 Å². The molecule has 0 N–H and O–H groups in total. The summed E-state index contributed by atoms with van der Waals surface area (Å²) in [5.74, 6) is 0. The van der Waals surface area contributed by atoms with Crippen LogP contribution in [0.1, 0.15) is 12.8 Å². The van der Waals surface area contributed by atoms with Crippen LogP contribution in [0.5, 0.6) is 0 Å². The zero-order chi connectivity index (χ0) is 14.9. The highest BCUT2D eigenvalue weighted by atomic mass is 32.2. The van der Waals surface area contributed by atoms with Crippen molar-refractivity contribution in [2.24, 2.45) is 0 Å². The maximum absolute atomic E-state index is 13.0. The van der Waals surface area contributed by atoms with Gasteiger partial charge in [0.15, 0.2) is 0 Å². The van der Waals surface area contributed by atoms with Gasteiger partial charge in [-0.05, 0) is 25.0 Å². The first kappa shape index (κ1) is 14.4. The van der Waals surface area contributed by atoms with Gasteiger partial charge in [-0.3, -0.25) is 4.98 Å². The number of methoxy groups -OCH3 is 1. The van der Waals surface area contributed by atoms with Crippen molar-refractivity contribution in [1.82, 2.24) is 9.29 Å². The summed E-state index contributed by atoms with van der Waals surface area (Å²) in [5, 5.41) is 1.55. The molecule has 1 aliphatic rings. The third-order valence-electron chi connectivity index (χ3n) is 3.91. The van der Waals surface area contributed by atoms with E-state index in [0.29, 0.717) is 18.0 Å². The molecule has 1 aromatic heterocycles. The fourth-order valence-electron chi connectivity index (χ4n) is 2.93. The molecular weight excluding hydrogens is 288 g/mol. The minimum atomic E-state index is -3.51. The average Bonchev–Trinajstić information content (AvgIpc) is 2.96. The first-order valence-corrected chi connectivity index (χ1v) is 8.42. The fourth-order valence-corrected chi connectivity index (χ4v) is 4.82. The van der Waals surface area contributed by atoms with Crippen molar-refractivity contribution in [2.75, 3.05) is 20.3 Å². The number of nitrogens with zero attached hydrogens (tertiary/aromatic N) is 2. The lowest BCUT2D eigenvalue weighted by molar-refractivity contribution is 0.149. The molecule has 1 atom stereocenters. The summed E-state index contributed by atoms with van der Waals surface area (Å²) in [5.41, 5.74) is 0. The van der Waals surface area contributed by atoms with E-state index in [9.17, 15) is 8.42 Å². The molecule has 6 heteroatoms. The van der Waals surface area contributed by atoms with Gasteiger partial charge in [0.1, 0.15) is 0 Å². The van der Waals surface area contributed by atoms with Gasteiger partial charge in [0.25, 0.3) is 0 Å². The molecule has 1 aromatic carbocycles. The van der Waals surface area contributed by atoms with E-state index in [1.807, 2.05) is 6.07 Å². The van der Waals surface area contributed by atoms with Gasteiger partial charge in [-0.1, -0.05) is 12.1 Å². The van der Waals surface area contributed by atoms with Gasteiger partial charge in [-0.2, -0.15) is 4.31 Å². The topological polar surface area (TPSA) is 59.5 Å². The average molecular weight is 306 g/mol. The summed E-state index contributed by atoms with van der Waals surface area (Å²) < 4.78 is 32.7. The lowest BCUT2D eigenvalue weighted by Gasteiger charge is -2.24. The number of ether oxygens (including phenoxy) is 1. The number of fused-ring (bicyclic) bond motifs is 1. The quantitative estimate of drug-likeness (QED) is 0.867. The highest BCUT2D eigenvalue weighted by Crippen LogP contribution is 2.30. The molecule has 0 bridgehead atoms. The molecule has 5 nitrogen and oxygen atoms in total. The SMILES string of the molecule is COC[C@H]1CCCN1S(=O)(=O)c1cccc2cnccc12. The van der Waals surface area contributed by atoms with Crippen LogP contribution in [0.15, 0.2) is 41.6 Å². The molecule has 1 saturated heterocycles. The molecule has 0 aliphatic carbocycles. The molecule has 0 saturated carbocycles. The Bertz CT molecular complexity index is 740. The van der Waals surface area contributed by atoms with Crippen LogP contribution in [0, 0.1) is 0 Å². The largest absolute Gasteiger partial charge is 0.383 e. The van der Waals surface area contributed by atoms with Crippen LogP contribution in [0.3, 0.4) is 0 Å². The number of pyridine rings is 1. The second kappa shape index (κ2) is 5.71. The fraction of sp³-hybridized carbons (Fsp3) is 0.400. The smallest absolute Gasteiger partial charge is 0.244 e. The molecule has 0 amide bonds. The van der Waals surface area contributed by atoms with Gasteiger partial charge in [-0.15, -0.1) is 0 Å². The van der Waals surface area contributed by atoms with Crippen LogP contribution in [-0.4, -0.2) is 44.0 Å². The standard InChI is InChI=1S/C15H18N2O3S/c1-20-11-13-5-3-9-17(13)21(18,19)15-6-2-4-12-10-16-8-7-14(12)15/h2,4,6-8,10,13H,3,5,9,11H2,1H3/t13-/m1/s1. The maximum Gasteiger partial charge on any atom is 0.244 e. The monoisotopic (exact) mass is 306 g/mol. The van der Waals surface area contributed by atoms with Crippen molar-refractivity contribution in [2.45, 2.75) is 23.8 Å². The van der Waals surface area contributed by atoms with E-state index in [4.69, 9.17) is 4.74 Å². The molecule has 0 radical (unpaired) electrons. The van der Waals surface area contributed by atoms with Gasteiger partial charge in [-0.25, -0.2) is 8.42 Å². The Kier molecular flexibility index (Phi) is 3.93. The molecule has 0 spiro atoms. The minimum Gasteiger partial charge on any atom is -0.383 e. The Hall–Kier alpha value is -1.50. The molecule has 0 unspecified atom stereocenters. The summed E-state index contributed by atoms with van der Waals surface area (Å²) in [6.07, 6.45) is 5.03. The predicted octanol–water partition coefficient (Wildman–Crippen LogP) is 2.03. The van der Waals surface area contributed by atoms with Crippen LogP contribution in [-0.2, 0) is 14.8 Å². The molecule has 112 valence electrons. The minimum absolute atomic E-state index is 0.0721. The van der Waals surface area contributed by atoms with Crippen molar-refractivity contribution in [1.29, 1.82) is 0 Å². The first-order valence-electron chi connectivity index (χ1n) is 6.98. The lowest BCUT2D eigenvalue weighted by atomic mass is 10.2. The second-order valence-corrected chi connectivity index (χ2v) is 7.08. The van der Waals surface area contributed by atoms with Crippen molar-refractivity contribution < 1.29 is 13.2 Å². The number of hydrogen-bond acceptors (Lipinski definition) is 4. The Morgan fingerprint density at radius 2 is 2.24 bits per heavy atom. The van der Waals surface area contributed by atoms with Crippen molar-refractivity contribution >= 4 is 20.8 Å². The molecule has 1 fully saturated rings. The molecular formula is C15H18N2O3S. The first-order chi connectivity index (χ1) is 10.1. The number of benzene rings is 1. The van der Waals surface area contributed by atoms with Gasteiger partial charge in [0.2, 0.25) is 10.0 Å². The van der Waals surface area contributed by atoms with Crippen molar-refractivity contribution in [3.63, 3.8) is 0 Å². The van der Waals surface area contributed by atoms with Crippen LogP contribution in [0.2, 0.25) is 0 Å². The Balaban J connectivity index is 2.08. The van der Waals surface area contributed by atoms with Crippen LogP contribution in [0.25, 0.3) is 10.8 Å². The highest BCUT2D eigenvalue weighted by Gasteiger charge is 2.35. The van der Waals surface area contributed by atoms with E-state index in [-0.39, 0.29) is 6.04 Å². The maximum atomic E-state index is 13.0. The zero-order valence-electron chi connectivity index (χ0n) is 11.9. The molecule has 2 heterocycles. The van der Waals surface area contributed by atoms with E-state index in [1.54, 1.807) is 42.0 Å². The van der Waals surface area contributed by atoms with Gasteiger partial charge in [0, 0.05) is 42.9 Å². The third-order valence-corrected chi connectivity index (χ3v) is 5.92. The van der Waals surface area contributed by atoms with Crippen LogP contribution in [0.4, 0.5) is 0 Å². The van der Waals surface area contributed by atoms with E-state index in [2.05, 4.69) is 4.98 Å². The van der Waals surface area contributed by atoms with E-state index >= 15 is 0 Å². The number of hydrogen-bond donors (Lipinski definition) is 0. The van der Waals surface area contributed by atoms with Gasteiger partial charge >= 0.3 is 0 Å². The zero-order valence-corrected chi connectivity index (χ0v) is 12.7. The van der Waals surface area contributed by atoms with Crippen LogP contribution >= 0.6 is 0 Å². The van der Waals surface area contributed by atoms with E-state index in [1.165, 1.54) is 0 Å². The van der Waals surface area contributed by atoms with E-state index < -0.39 is 10.0 Å². The number of sulfonamides is 1. The molecule has 3 rings (SSSR count). The molecule has 2 aromatic rings. The summed E-state index contributed by atoms with van der Waals surface area (Å²) in [6, 6.07) is 6.98. The second-order valence-electron chi connectivity index (χ2n) is 5.22. The molecule has 21 heavy (non-hydrogen) atoms. The lowest BCUT2D eigenvalue weighted by Crippen LogP contribution is -2.38. The summed E-state index contributed by atoms with van der Waals surface area (Å²) >= 11 is 0. The summed E-state index contributed by atoms with van der Waals surface area (Å²) in [4.78, 5) is 4.40. The number of aromatic nitrogens is 1. The van der Waals surface area contributed by atoms with Crippen molar-refractivity contribution in [3.8, 4) is 0 Å². The van der Waals surface area contributed by atoms with Crippen molar-refractivity contribution in [3.05, 3.63) is 36.7 Å². The Morgan fingerprint density at radius 3 is 3.05 bits per heavy atom. The van der Waals surface area contributed by atoms with Gasteiger partial charge < -0.3 is 4.74 Å². The molecule has 1 aliphatic heterocycles. The van der Waals surface area contributed by atoms with Crippen LogP contribution < -0.4 is 0 Å². The highest BCUT2D eigenvalue weighted by molar-refractivity contribution is 7.89. The summed E-state index contributed by atoms with van der Waals surface area (Å²) in [7, 11) is -1.91. The number of rotatable bonds is 4. The summed E-state index contributed by atoms with van der Waals surface area (Å²) in [6.45, 7) is 0.989. The third kappa shape index (κ3) is 2.54. The Labute approximate surface area is 124 Å². The predicted molar refractivity (Wildman–Crippen MR) is 80.5 cm³/mol. The normalized spacial score (nSPS) is 20.1.